The Morgan fingerprint density at radius 3 is 3.08 bits per heavy atom. The smallest absolute Gasteiger partial charge is 0.264 e. The first-order valence-electron chi connectivity index (χ1n) is 4.31. The van der Waals surface area contributed by atoms with Crippen LogP contribution in [0.5, 0.6) is 0 Å². The predicted molar refractivity (Wildman–Crippen MR) is 56.9 cm³/mol. The molecule has 13 heavy (non-hydrogen) atoms. The molecule has 1 aromatic rings. The zero-order valence-electron chi connectivity index (χ0n) is 7.59. The second-order valence-corrected chi connectivity index (χ2v) is 3.56. The first kappa shape index (κ1) is 10.5. The van der Waals surface area contributed by atoms with Gasteiger partial charge in [0.15, 0.2) is 0 Å². The van der Waals surface area contributed by atoms with Crippen molar-refractivity contribution >= 4 is 15.9 Å². The van der Waals surface area contributed by atoms with Crippen molar-refractivity contribution in [3.05, 3.63) is 33.2 Å². The maximum atomic E-state index is 11.5. The topological polar surface area (TPSA) is 34.0 Å². The molecule has 0 aliphatic rings. The molecule has 3 nitrogen and oxygen atoms in total. The molecular formula is C9H13BrN2O. The van der Waals surface area contributed by atoms with Crippen LogP contribution in [0, 0.1) is 0 Å². The maximum absolute atomic E-state index is 11.5. The van der Waals surface area contributed by atoms with Crippen LogP contribution in [-0.4, -0.2) is 17.7 Å². The standard InChI is InChI=1S/C9H13BrN2O/c1-2-11-5-7-12-6-3-4-8(10)9(12)13/h3-4,6,11H,2,5,7H2,1H3. The lowest BCUT2D eigenvalue weighted by atomic mass is 10.4. The molecule has 1 N–H and O–H groups in total. The van der Waals surface area contributed by atoms with Crippen LogP contribution in [0.4, 0.5) is 0 Å². The van der Waals surface area contributed by atoms with Crippen molar-refractivity contribution in [1.29, 1.82) is 0 Å². The third-order valence-electron chi connectivity index (χ3n) is 1.75. The number of nitrogens with zero attached hydrogens (tertiary/aromatic N) is 1. The number of likely N-dealkylation sites (N-methyl/N-ethyl adjacent to an activating group) is 1. The molecule has 0 aliphatic carbocycles. The van der Waals surface area contributed by atoms with Crippen molar-refractivity contribution in [2.24, 2.45) is 0 Å². The third kappa shape index (κ3) is 2.97. The Morgan fingerprint density at radius 1 is 1.62 bits per heavy atom. The van der Waals surface area contributed by atoms with Crippen LogP contribution in [-0.2, 0) is 6.54 Å². The minimum absolute atomic E-state index is 0.0282. The molecule has 0 aromatic carbocycles. The molecule has 1 rings (SSSR count). The summed E-state index contributed by atoms with van der Waals surface area (Å²) in [5, 5.41) is 3.17. The minimum Gasteiger partial charge on any atom is -0.315 e. The third-order valence-corrected chi connectivity index (χ3v) is 2.36. The van der Waals surface area contributed by atoms with Crippen molar-refractivity contribution in [3.63, 3.8) is 0 Å². The van der Waals surface area contributed by atoms with Crippen LogP contribution in [0.1, 0.15) is 6.92 Å². The molecular weight excluding hydrogens is 232 g/mol. The number of pyridine rings is 1. The average molecular weight is 245 g/mol. The molecule has 0 fully saturated rings. The first-order chi connectivity index (χ1) is 6.25. The maximum Gasteiger partial charge on any atom is 0.264 e. The van der Waals surface area contributed by atoms with E-state index >= 15 is 0 Å². The van der Waals surface area contributed by atoms with Crippen molar-refractivity contribution in [2.45, 2.75) is 13.5 Å². The Kier molecular flexibility index (Phi) is 4.18. The molecule has 72 valence electrons. The highest BCUT2D eigenvalue weighted by atomic mass is 79.9. The van der Waals surface area contributed by atoms with E-state index in [0.717, 1.165) is 13.1 Å². The molecule has 0 saturated heterocycles. The zero-order valence-corrected chi connectivity index (χ0v) is 9.17. The highest BCUT2D eigenvalue weighted by molar-refractivity contribution is 9.10. The summed E-state index contributed by atoms with van der Waals surface area (Å²) in [4.78, 5) is 11.5. The van der Waals surface area contributed by atoms with Crippen molar-refractivity contribution in [1.82, 2.24) is 9.88 Å². The van der Waals surface area contributed by atoms with E-state index in [0.29, 0.717) is 11.0 Å². The Labute approximate surface area is 85.9 Å². The van der Waals surface area contributed by atoms with Crippen LogP contribution in [0.15, 0.2) is 27.6 Å². The Bertz CT molecular complexity index is 322. The summed E-state index contributed by atoms with van der Waals surface area (Å²) >= 11 is 3.20. The molecule has 0 amide bonds. The summed E-state index contributed by atoms with van der Waals surface area (Å²) < 4.78 is 2.30. The predicted octanol–water partition coefficient (Wildman–Crippen LogP) is 1.22. The van der Waals surface area contributed by atoms with Gasteiger partial charge >= 0.3 is 0 Å². The van der Waals surface area contributed by atoms with Gasteiger partial charge in [-0.15, -0.1) is 0 Å². The Morgan fingerprint density at radius 2 is 2.38 bits per heavy atom. The van der Waals surface area contributed by atoms with Gasteiger partial charge in [-0.2, -0.15) is 0 Å². The summed E-state index contributed by atoms with van der Waals surface area (Å²) in [6.45, 7) is 4.52. The van der Waals surface area contributed by atoms with Gasteiger partial charge in [0.25, 0.3) is 5.56 Å². The van der Waals surface area contributed by atoms with Gasteiger partial charge in [0.05, 0.1) is 4.47 Å². The molecule has 0 spiro atoms. The number of halogens is 1. The summed E-state index contributed by atoms with van der Waals surface area (Å²) in [7, 11) is 0. The van der Waals surface area contributed by atoms with Crippen LogP contribution in [0.3, 0.4) is 0 Å². The van der Waals surface area contributed by atoms with Crippen LogP contribution < -0.4 is 10.9 Å². The van der Waals surface area contributed by atoms with E-state index in [1.807, 2.05) is 13.0 Å². The lowest BCUT2D eigenvalue weighted by Gasteiger charge is -2.05. The molecule has 0 radical (unpaired) electrons. The van der Waals surface area contributed by atoms with E-state index in [4.69, 9.17) is 0 Å². The molecule has 0 aliphatic heterocycles. The summed E-state index contributed by atoms with van der Waals surface area (Å²) in [5.74, 6) is 0. The fourth-order valence-electron chi connectivity index (χ4n) is 1.06. The van der Waals surface area contributed by atoms with Gasteiger partial charge in [-0.25, -0.2) is 0 Å². The van der Waals surface area contributed by atoms with Crippen molar-refractivity contribution < 1.29 is 0 Å². The van der Waals surface area contributed by atoms with Gasteiger partial charge in [0, 0.05) is 19.3 Å². The molecule has 0 saturated carbocycles. The highest BCUT2D eigenvalue weighted by Gasteiger charge is 1.97. The van der Waals surface area contributed by atoms with Crippen molar-refractivity contribution in [2.75, 3.05) is 13.1 Å². The molecule has 0 unspecified atom stereocenters. The molecule has 4 heteroatoms. The van der Waals surface area contributed by atoms with Gasteiger partial charge in [0.1, 0.15) is 0 Å². The monoisotopic (exact) mass is 244 g/mol. The van der Waals surface area contributed by atoms with E-state index in [9.17, 15) is 4.79 Å². The van der Waals surface area contributed by atoms with E-state index in [2.05, 4.69) is 21.2 Å². The van der Waals surface area contributed by atoms with Crippen molar-refractivity contribution in [3.8, 4) is 0 Å². The average Bonchev–Trinajstić information content (AvgIpc) is 2.13. The van der Waals surface area contributed by atoms with Crippen LogP contribution >= 0.6 is 15.9 Å². The number of hydrogen-bond donors (Lipinski definition) is 1. The number of hydrogen-bond acceptors (Lipinski definition) is 2. The van der Waals surface area contributed by atoms with Crippen LogP contribution in [0.2, 0.25) is 0 Å². The van der Waals surface area contributed by atoms with E-state index < -0.39 is 0 Å². The highest BCUT2D eigenvalue weighted by Crippen LogP contribution is 1.99. The molecule has 1 heterocycles. The number of nitrogens with one attached hydrogen (secondary N) is 1. The lowest BCUT2D eigenvalue weighted by Crippen LogP contribution is -2.26. The van der Waals surface area contributed by atoms with E-state index in [-0.39, 0.29) is 5.56 Å². The normalized spacial score (nSPS) is 10.3. The fraction of sp³-hybridized carbons (Fsp3) is 0.444. The number of rotatable bonds is 4. The minimum atomic E-state index is 0.0282. The summed E-state index contributed by atoms with van der Waals surface area (Å²) in [6, 6.07) is 3.61. The van der Waals surface area contributed by atoms with Gasteiger partial charge in [-0.05, 0) is 34.6 Å². The van der Waals surface area contributed by atoms with Gasteiger partial charge in [-0.3, -0.25) is 4.79 Å². The largest absolute Gasteiger partial charge is 0.315 e. The molecule has 1 aromatic heterocycles. The summed E-state index contributed by atoms with van der Waals surface area (Å²) in [6.07, 6.45) is 1.80. The van der Waals surface area contributed by atoms with Gasteiger partial charge in [0.2, 0.25) is 0 Å². The second-order valence-electron chi connectivity index (χ2n) is 2.71. The van der Waals surface area contributed by atoms with E-state index in [1.54, 1.807) is 16.8 Å². The SMILES string of the molecule is CCNCCn1cccc(Br)c1=O. The summed E-state index contributed by atoms with van der Waals surface area (Å²) in [5.41, 5.74) is 0.0282. The number of aromatic nitrogens is 1. The fourth-order valence-corrected chi connectivity index (χ4v) is 1.44. The Balaban J connectivity index is 2.67. The van der Waals surface area contributed by atoms with Gasteiger partial charge < -0.3 is 9.88 Å². The van der Waals surface area contributed by atoms with Gasteiger partial charge in [-0.1, -0.05) is 6.92 Å². The lowest BCUT2D eigenvalue weighted by molar-refractivity contribution is 0.598. The first-order valence-corrected chi connectivity index (χ1v) is 5.10. The molecule has 0 bridgehead atoms. The zero-order chi connectivity index (χ0) is 9.68. The quantitative estimate of drug-likeness (QED) is 0.809. The Hall–Kier alpha value is -0.610. The van der Waals surface area contributed by atoms with E-state index in [1.165, 1.54) is 0 Å². The second kappa shape index (κ2) is 5.19. The van der Waals surface area contributed by atoms with Crippen LogP contribution in [0.25, 0.3) is 0 Å². The molecule has 0 atom stereocenters.